The number of amides is 2. The lowest BCUT2D eigenvalue weighted by Crippen LogP contribution is -2.32. The number of urea groups is 1. The zero-order valence-corrected chi connectivity index (χ0v) is 21.3. The third-order valence-electron chi connectivity index (χ3n) is 6.64. The largest absolute Gasteiger partial charge is 0.490 e. The SMILES string of the molecule is CCNC(=O)Nc1ncnc2c1ncn2C1OC(COc2ccccc2C(=O)O)C2O[C@H](c3ccccc3)OC21. The van der Waals surface area contributed by atoms with Crippen molar-refractivity contribution in [1.29, 1.82) is 0 Å². The van der Waals surface area contributed by atoms with E-state index in [2.05, 4.69) is 25.6 Å². The molecule has 0 radical (unpaired) electrons. The Balaban J connectivity index is 1.30. The van der Waals surface area contributed by atoms with Crippen LogP contribution in [0, 0.1) is 0 Å². The molecule has 0 bridgehead atoms. The number of anilines is 1. The number of aromatic nitrogens is 4. The minimum absolute atomic E-state index is 0.0123. The standard InChI is InChI=1S/C27H26N6O7/c1-2-28-27(36)32-22-19-23(30-13-29-22)33(14-31-19)24-21-20(39-26(40-21)15-8-4-3-5-9-15)18(38-24)12-37-17-11-7-6-10-16(17)25(34)35/h3-11,13-14,18,20-21,24,26H,2,12H2,1H3,(H,34,35)(H2,28,29,30,32,36)/t18?,20?,21?,24?,26-/m0/s1. The number of carbonyl (C=O) groups is 2. The molecule has 2 aliphatic heterocycles. The zero-order valence-electron chi connectivity index (χ0n) is 21.3. The summed E-state index contributed by atoms with van der Waals surface area (Å²) >= 11 is 0. The van der Waals surface area contributed by atoms with Crippen molar-refractivity contribution in [1.82, 2.24) is 24.8 Å². The number of ether oxygens (including phenoxy) is 4. The van der Waals surface area contributed by atoms with Gasteiger partial charge in [0.2, 0.25) is 0 Å². The average molecular weight is 547 g/mol. The van der Waals surface area contributed by atoms with E-state index in [4.69, 9.17) is 18.9 Å². The highest BCUT2D eigenvalue weighted by atomic mass is 16.8. The van der Waals surface area contributed by atoms with Crippen LogP contribution in [0.25, 0.3) is 11.2 Å². The molecule has 206 valence electrons. The van der Waals surface area contributed by atoms with E-state index < -0.39 is 42.8 Å². The number of fused-ring (bicyclic) bond motifs is 2. The fourth-order valence-electron chi connectivity index (χ4n) is 4.84. The molecular formula is C27H26N6O7. The Hall–Kier alpha value is -4.59. The van der Waals surface area contributed by atoms with Gasteiger partial charge in [-0.2, -0.15) is 0 Å². The molecule has 3 N–H and O–H groups in total. The summed E-state index contributed by atoms with van der Waals surface area (Å²) in [6, 6.07) is 15.5. The molecule has 2 aromatic heterocycles. The molecule has 6 rings (SSSR count). The number of aromatic carboxylic acids is 1. The summed E-state index contributed by atoms with van der Waals surface area (Å²) in [5.41, 5.74) is 1.69. The lowest BCUT2D eigenvalue weighted by Gasteiger charge is -2.22. The normalized spacial score (nSPS) is 23.6. The van der Waals surface area contributed by atoms with Gasteiger partial charge in [0.1, 0.15) is 42.6 Å². The highest BCUT2D eigenvalue weighted by Crippen LogP contribution is 2.45. The Morgan fingerprint density at radius 2 is 1.77 bits per heavy atom. The van der Waals surface area contributed by atoms with E-state index in [1.807, 2.05) is 37.3 Å². The van der Waals surface area contributed by atoms with Crippen molar-refractivity contribution in [3.8, 4) is 5.75 Å². The van der Waals surface area contributed by atoms with Crippen LogP contribution in [0.3, 0.4) is 0 Å². The van der Waals surface area contributed by atoms with Crippen LogP contribution >= 0.6 is 0 Å². The average Bonchev–Trinajstić information content (AvgIpc) is 3.67. The van der Waals surface area contributed by atoms with Crippen LogP contribution in [0.15, 0.2) is 67.3 Å². The smallest absolute Gasteiger partial charge is 0.339 e. The van der Waals surface area contributed by atoms with Gasteiger partial charge in [0.05, 0.1) is 6.33 Å². The lowest BCUT2D eigenvalue weighted by atomic mass is 10.1. The van der Waals surface area contributed by atoms with Crippen LogP contribution in [0.5, 0.6) is 5.75 Å². The van der Waals surface area contributed by atoms with Crippen molar-refractivity contribution < 1.29 is 33.6 Å². The summed E-state index contributed by atoms with van der Waals surface area (Å²) in [4.78, 5) is 36.8. The summed E-state index contributed by atoms with van der Waals surface area (Å²) < 4.78 is 26.7. The molecule has 13 heteroatoms. The molecule has 4 unspecified atom stereocenters. The first-order chi connectivity index (χ1) is 19.5. The molecule has 0 spiro atoms. The van der Waals surface area contributed by atoms with E-state index >= 15 is 0 Å². The van der Waals surface area contributed by atoms with Crippen molar-refractivity contribution in [3.63, 3.8) is 0 Å². The molecule has 2 aromatic carbocycles. The monoisotopic (exact) mass is 546 g/mol. The quantitative estimate of drug-likeness (QED) is 0.300. The molecule has 2 amide bonds. The van der Waals surface area contributed by atoms with Gasteiger partial charge in [0.15, 0.2) is 29.5 Å². The fraction of sp³-hybridized carbons (Fsp3) is 0.296. The highest BCUT2D eigenvalue weighted by molar-refractivity contribution is 5.95. The molecule has 40 heavy (non-hydrogen) atoms. The number of nitrogens with one attached hydrogen (secondary N) is 2. The molecule has 0 aliphatic carbocycles. The van der Waals surface area contributed by atoms with E-state index in [1.165, 1.54) is 12.4 Å². The second-order valence-corrected chi connectivity index (χ2v) is 9.15. The minimum Gasteiger partial charge on any atom is -0.490 e. The summed E-state index contributed by atoms with van der Waals surface area (Å²) in [5, 5.41) is 14.9. The Labute approximate surface area is 228 Å². The molecular weight excluding hydrogens is 520 g/mol. The van der Waals surface area contributed by atoms with Crippen LogP contribution in [0.4, 0.5) is 10.6 Å². The zero-order chi connectivity index (χ0) is 27.6. The Bertz CT molecular complexity index is 1530. The highest BCUT2D eigenvalue weighted by Gasteiger charge is 2.54. The van der Waals surface area contributed by atoms with Gasteiger partial charge in [-0.05, 0) is 19.1 Å². The van der Waals surface area contributed by atoms with E-state index in [1.54, 1.807) is 29.1 Å². The number of carboxylic acid groups (broad SMARTS) is 1. The number of carboxylic acids is 1. The van der Waals surface area contributed by atoms with Gasteiger partial charge in [-0.25, -0.2) is 24.5 Å². The first-order valence-electron chi connectivity index (χ1n) is 12.7. The molecule has 2 saturated heterocycles. The number of carbonyl (C=O) groups excluding carboxylic acids is 1. The number of rotatable bonds is 8. The maximum atomic E-state index is 12.1. The number of benzene rings is 2. The van der Waals surface area contributed by atoms with Gasteiger partial charge in [-0.15, -0.1) is 0 Å². The van der Waals surface area contributed by atoms with E-state index in [0.29, 0.717) is 17.7 Å². The minimum atomic E-state index is -1.09. The Kier molecular flexibility index (Phi) is 6.99. The van der Waals surface area contributed by atoms with Crippen molar-refractivity contribution in [2.45, 2.75) is 37.8 Å². The number of para-hydroxylation sites is 1. The number of hydrogen-bond donors (Lipinski definition) is 3. The summed E-state index contributed by atoms with van der Waals surface area (Å²) in [7, 11) is 0. The molecule has 13 nitrogen and oxygen atoms in total. The molecule has 2 fully saturated rings. The van der Waals surface area contributed by atoms with Gasteiger partial charge >= 0.3 is 12.0 Å². The molecule has 4 heterocycles. The topological polar surface area (TPSA) is 159 Å². The molecule has 4 aromatic rings. The van der Waals surface area contributed by atoms with Gasteiger partial charge in [-0.3, -0.25) is 9.88 Å². The predicted octanol–water partition coefficient (Wildman–Crippen LogP) is 3.13. The van der Waals surface area contributed by atoms with Crippen LogP contribution in [0.2, 0.25) is 0 Å². The molecule has 5 atom stereocenters. The van der Waals surface area contributed by atoms with Crippen molar-refractivity contribution in [2.75, 3.05) is 18.5 Å². The maximum Gasteiger partial charge on any atom is 0.339 e. The summed E-state index contributed by atoms with van der Waals surface area (Å²) in [5.74, 6) is -0.621. The van der Waals surface area contributed by atoms with Crippen LogP contribution in [-0.2, 0) is 14.2 Å². The van der Waals surface area contributed by atoms with Gasteiger partial charge in [0, 0.05) is 12.1 Å². The predicted molar refractivity (Wildman–Crippen MR) is 140 cm³/mol. The van der Waals surface area contributed by atoms with Gasteiger partial charge in [0.25, 0.3) is 0 Å². The van der Waals surface area contributed by atoms with E-state index in [0.717, 1.165) is 5.56 Å². The maximum absolute atomic E-state index is 12.1. The van der Waals surface area contributed by atoms with Crippen molar-refractivity contribution in [2.24, 2.45) is 0 Å². The van der Waals surface area contributed by atoms with Crippen LogP contribution < -0.4 is 15.4 Å². The second kappa shape index (κ2) is 10.9. The molecule has 0 saturated carbocycles. The lowest BCUT2D eigenvalue weighted by molar-refractivity contribution is -0.152. The molecule has 2 aliphatic rings. The second-order valence-electron chi connectivity index (χ2n) is 9.15. The van der Waals surface area contributed by atoms with Gasteiger partial charge < -0.3 is 29.4 Å². The number of hydrogen-bond acceptors (Lipinski definition) is 9. The van der Waals surface area contributed by atoms with E-state index in [-0.39, 0.29) is 23.7 Å². The summed E-state index contributed by atoms with van der Waals surface area (Å²) in [6.07, 6.45) is -0.198. The number of imidazole rings is 1. The van der Waals surface area contributed by atoms with Crippen LogP contribution in [-0.4, -0.2) is 68.1 Å². The Morgan fingerprint density at radius 1 is 1.00 bits per heavy atom. The third kappa shape index (κ3) is 4.81. The van der Waals surface area contributed by atoms with E-state index in [9.17, 15) is 14.7 Å². The van der Waals surface area contributed by atoms with Crippen LogP contribution in [0.1, 0.15) is 35.4 Å². The summed E-state index contributed by atoms with van der Waals surface area (Å²) in [6.45, 7) is 2.27. The van der Waals surface area contributed by atoms with Crippen molar-refractivity contribution in [3.05, 3.63) is 78.4 Å². The fourth-order valence-corrected chi connectivity index (χ4v) is 4.84. The van der Waals surface area contributed by atoms with Gasteiger partial charge in [-0.1, -0.05) is 42.5 Å². The first kappa shape index (κ1) is 25.7. The Morgan fingerprint density at radius 3 is 2.58 bits per heavy atom. The first-order valence-corrected chi connectivity index (χ1v) is 12.7. The third-order valence-corrected chi connectivity index (χ3v) is 6.64. The number of nitrogens with zero attached hydrogens (tertiary/aromatic N) is 4. The van der Waals surface area contributed by atoms with Crippen molar-refractivity contribution >= 4 is 29.0 Å².